The Bertz CT molecular complexity index is 350. The smallest absolute Gasteiger partial charge is 0.0323 e. The Balaban J connectivity index is 1.96. The van der Waals surface area contributed by atoms with Gasteiger partial charge in [-0.15, -0.1) is 0 Å². The Morgan fingerprint density at radius 3 is 2.28 bits per heavy atom. The normalized spacial score (nSPS) is 25.9. The predicted molar refractivity (Wildman–Crippen MR) is 77.6 cm³/mol. The number of hydrogen-bond donors (Lipinski definition) is 2. The third kappa shape index (κ3) is 3.12. The fourth-order valence-corrected chi connectivity index (χ4v) is 3.01. The molecule has 1 saturated carbocycles. The molecule has 0 aromatic heterocycles. The molecule has 1 fully saturated rings. The highest BCUT2D eigenvalue weighted by Gasteiger charge is 2.25. The van der Waals surface area contributed by atoms with Crippen molar-refractivity contribution in [3.05, 3.63) is 35.4 Å². The maximum atomic E-state index is 6.43. The zero-order chi connectivity index (χ0) is 13.0. The van der Waals surface area contributed by atoms with E-state index in [2.05, 4.69) is 43.6 Å². The lowest BCUT2D eigenvalue weighted by Gasteiger charge is -2.32. The van der Waals surface area contributed by atoms with E-state index in [-0.39, 0.29) is 6.04 Å². The molecular weight excluding hydrogens is 220 g/mol. The van der Waals surface area contributed by atoms with E-state index in [9.17, 15) is 0 Å². The van der Waals surface area contributed by atoms with Gasteiger partial charge in [0.15, 0.2) is 0 Å². The van der Waals surface area contributed by atoms with Gasteiger partial charge in [-0.2, -0.15) is 0 Å². The largest absolute Gasteiger partial charge is 0.324 e. The summed E-state index contributed by atoms with van der Waals surface area (Å²) in [6.45, 7) is 2.19. The molecule has 0 spiro atoms. The fraction of sp³-hybridized carbons (Fsp3) is 0.625. The van der Waals surface area contributed by atoms with E-state index in [1.807, 2.05) is 0 Å². The number of aryl methyl sites for hydroxylation is 1. The summed E-state index contributed by atoms with van der Waals surface area (Å²) < 4.78 is 0. The van der Waals surface area contributed by atoms with Crippen LogP contribution in [0, 0.1) is 5.92 Å². The lowest BCUT2D eigenvalue weighted by Crippen LogP contribution is -2.33. The van der Waals surface area contributed by atoms with Crippen LogP contribution in [0.1, 0.15) is 49.8 Å². The van der Waals surface area contributed by atoms with Gasteiger partial charge in [-0.1, -0.05) is 31.2 Å². The molecule has 18 heavy (non-hydrogen) atoms. The zero-order valence-corrected chi connectivity index (χ0v) is 11.7. The van der Waals surface area contributed by atoms with Gasteiger partial charge >= 0.3 is 0 Å². The second-order valence-electron chi connectivity index (χ2n) is 5.52. The molecule has 0 bridgehead atoms. The van der Waals surface area contributed by atoms with Crippen molar-refractivity contribution < 1.29 is 0 Å². The predicted octanol–water partition coefficient (Wildman–Crippen LogP) is 3.03. The van der Waals surface area contributed by atoms with Crippen LogP contribution in [0.2, 0.25) is 0 Å². The van der Waals surface area contributed by atoms with Gasteiger partial charge in [-0.25, -0.2) is 0 Å². The van der Waals surface area contributed by atoms with E-state index >= 15 is 0 Å². The highest BCUT2D eigenvalue weighted by molar-refractivity contribution is 5.25. The van der Waals surface area contributed by atoms with E-state index < -0.39 is 0 Å². The monoisotopic (exact) mass is 246 g/mol. The van der Waals surface area contributed by atoms with E-state index in [0.29, 0.717) is 12.0 Å². The Labute approximate surface area is 111 Å². The van der Waals surface area contributed by atoms with Crippen molar-refractivity contribution in [3.8, 4) is 0 Å². The van der Waals surface area contributed by atoms with Crippen molar-refractivity contribution in [2.45, 2.75) is 51.1 Å². The number of benzene rings is 1. The topological polar surface area (TPSA) is 38.0 Å². The molecular formula is C16H26N2. The highest BCUT2D eigenvalue weighted by atomic mass is 14.9. The van der Waals surface area contributed by atoms with Gasteiger partial charge < -0.3 is 11.1 Å². The summed E-state index contributed by atoms with van der Waals surface area (Å²) in [5.41, 5.74) is 9.13. The molecule has 1 aromatic rings. The lowest BCUT2D eigenvalue weighted by molar-refractivity contribution is 0.267. The second kappa shape index (κ2) is 6.35. The van der Waals surface area contributed by atoms with Gasteiger partial charge in [-0.05, 0) is 56.2 Å². The average Bonchev–Trinajstić information content (AvgIpc) is 2.47. The first kappa shape index (κ1) is 13.6. The summed E-state index contributed by atoms with van der Waals surface area (Å²) in [4.78, 5) is 0. The molecule has 2 nitrogen and oxygen atoms in total. The van der Waals surface area contributed by atoms with Gasteiger partial charge in [-0.3, -0.25) is 0 Å². The molecule has 1 atom stereocenters. The van der Waals surface area contributed by atoms with E-state index in [0.717, 1.165) is 6.42 Å². The minimum absolute atomic E-state index is 0.216. The Morgan fingerprint density at radius 2 is 1.78 bits per heavy atom. The molecule has 0 aliphatic heterocycles. The Kier molecular flexibility index (Phi) is 4.79. The van der Waals surface area contributed by atoms with Crippen LogP contribution in [0.25, 0.3) is 0 Å². The van der Waals surface area contributed by atoms with Crippen molar-refractivity contribution in [2.75, 3.05) is 7.05 Å². The SMILES string of the molecule is CCc1ccc(C(N)C2CCC(NC)CC2)cc1. The second-order valence-corrected chi connectivity index (χ2v) is 5.52. The first-order chi connectivity index (χ1) is 8.74. The highest BCUT2D eigenvalue weighted by Crippen LogP contribution is 2.33. The van der Waals surface area contributed by atoms with Gasteiger partial charge in [0.05, 0.1) is 0 Å². The maximum absolute atomic E-state index is 6.43. The van der Waals surface area contributed by atoms with Crippen molar-refractivity contribution >= 4 is 0 Å². The molecule has 100 valence electrons. The minimum atomic E-state index is 0.216. The average molecular weight is 246 g/mol. The van der Waals surface area contributed by atoms with Crippen LogP contribution in [0.15, 0.2) is 24.3 Å². The molecule has 1 aliphatic rings. The van der Waals surface area contributed by atoms with Crippen LogP contribution in [-0.2, 0) is 6.42 Å². The summed E-state index contributed by atoms with van der Waals surface area (Å²) in [5.74, 6) is 0.655. The minimum Gasteiger partial charge on any atom is -0.324 e. The van der Waals surface area contributed by atoms with Crippen LogP contribution in [-0.4, -0.2) is 13.1 Å². The van der Waals surface area contributed by atoms with Gasteiger partial charge in [0, 0.05) is 12.1 Å². The quantitative estimate of drug-likeness (QED) is 0.857. The summed E-state index contributed by atoms with van der Waals surface area (Å²) in [7, 11) is 2.06. The van der Waals surface area contributed by atoms with Crippen molar-refractivity contribution in [3.63, 3.8) is 0 Å². The van der Waals surface area contributed by atoms with Crippen molar-refractivity contribution in [1.29, 1.82) is 0 Å². The fourth-order valence-electron chi connectivity index (χ4n) is 3.01. The van der Waals surface area contributed by atoms with E-state index in [4.69, 9.17) is 5.73 Å². The lowest BCUT2D eigenvalue weighted by atomic mass is 9.79. The standard InChI is InChI=1S/C16H26N2/c1-3-12-4-6-13(7-5-12)16(17)14-8-10-15(18-2)11-9-14/h4-7,14-16,18H,3,8-11,17H2,1-2H3. The zero-order valence-electron chi connectivity index (χ0n) is 11.7. The molecule has 1 aromatic carbocycles. The third-order valence-electron chi connectivity index (χ3n) is 4.46. The van der Waals surface area contributed by atoms with Crippen LogP contribution in [0.3, 0.4) is 0 Å². The summed E-state index contributed by atoms with van der Waals surface area (Å²) in [6, 6.07) is 9.79. The van der Waals surface area contributed by atoms with E-state index in [1.54, 1.807) is 0 Å². The maximum Gasteiger partial charge on any atom is 0.0323 e. The van der Waals surface area contributed by atoms with Crippen LogP contribution >= 0.6 is 0 Å². The molecule has 0 saturated heterocycles. The van der Waals surface area contributed by atoms with Crippen LogP contribution in [0.4, 0.5) is 0 Å². The molecule has 0 amide bonds. The molecule has 1 aliphatic carbocycles. The van der Waals surface area contributed by atoms with Crippen molar-refractivity contribution in [2.24, 2.45) is 11.7 Å². The third-order valence-corrected chi connectivity index (χ3v) is 4.46. The molecule has 2 heteroatoms. The van der Waals surface area contributed by atoms with Gasteiger partial charge in [0.1, 0.15) is 0 Å². The molecule has 3 N–H and O–H groups in total. The molecule has 2 rings (SSSR count). The summed E-state index contributed by atoms with van der Waals surface area (Å²) >= 11 is 0. The number of nitrogens with two attached hydrogens (primary N) is 1. The van der Waals surface area contributed by atoms with Gasteiger partial charge in [0.25, 0.3) is 0 Å². The first-order valence-electron chi connectivity index (χ1n) is 7.26. The number of rotatable bonds is 4. The van der Waals surface area contributed by atoms with E-state index in [1.165, 1.54) is 36.8 Å². The number of nitrogens with one attached hydrogen (secondary N) is 1. The van der Waals surface area contributed by atoms with Crippen molar-refractivity contribution in [1.82, 2.24) is 5.32 Å². The van der Waals surface area contributed by atoms with Gasteiger partial charge in [0.2, 0.25) is 0 Å². The number of hydrogen-bond acceptors (Lipinski definition) is 2. The Hall–Kier alpha value is -0.860. The molecule has 1 unspecified atom stereocenters. The molecule has 0 heterocycles. The summed E-state index contributed by atoms with van der Waals surface area (Å²) in [6.07, 6.45) is 6.14. The first-order valence-corrected chi connectivity index (χ1v) is 7.26. The van der Waals surface area contributed by atoms with Crippen LogP contribution in [0.5, 0.6) is 0 Å². The summed E-state index contributed by atoms with van der Waals surface area (Å²) in [5, 5.41) is 3.38. The molecule has 0 radical (unpaired) electrons. The Morgan fingerprint density at radius 1 is 1.17 bits per heavy atom. The van der Waals surface area contributed by atoms with Crippen LogP contribution < -0.4 is 11.1 Å².